The van der Waals surface area contributed by atoms with Gasteiger partial charge in [-0.25, -0.2) is 0 Å². The summed E-state index contributed by atoms with van der Waals surface area (Å²) < 4.78 is 0. The van der Waals surface area contributed by atoms with Gasteiger partial charge < -0.3 is 0 Å². The highest BCUT2D eigenvalue weighted by Gasteiger charge is 2.23. The van der Waals surface area contributed by atoms with E-state index in [1.165, 1.54) is 37.7 Å². The lowest BCUT2D eigenvalue weighted by Crippen LogP contribution is -2.13. The topological polar surface area (TPSA) is 0 Å². The van der Waals surface area contributed by atoms with E-state index in [0.29, 0.717) is 0 Å². The van der Waals surface area contributed by atoms with Crippen LogP contribution in [0.3, 0.4) is 0 Å². The van der Waals surface area contributed by atoms with E-state index >= 15 is 0 Å². The SMILES string of the molecule is c1ccc2c(c1)Cc1cccc(C3CCCCC3)c1C2. The van der Waals surface area contributed by atoms with Crippen molar-refractivity contribution in [3.8, 4) is 0 Å². The molecule has 0 saturated heterocycles. The summed E-state index contributed by atoms with van der Waals surface area (Å²) in [5.74, 6) is 0.823. The number of rotatable bonds is 1. The van der Waals surface area contributed by atoms with Crippen LogP contribution < -0.4 is 0 Å². The standard InChI is InChI=1S/C20H22/c1-2-7-15(8-3-1)19-12-6-11-18-13-16-9-4-5-10-17(16)14-20(18)19/h4-6,9-12,15H,1-3,7-8,13-14H2. The lowest BCUT2D eigenvalue weighted by atomic mass is 9.76. The molecule has 0 heterocycles. The zero-order chi connectivity index (χ0) is 13.4. The Morgan fingerprint density at radius 3 is 2.15 bits per heavy atom. The van der Waals surface area contributed by atoms with Crippen LogP contribution in [0.1, 0.15) is 65.8 Å². The normalized spacial score (nSPS) is 18.4. The van der Waals surface area contributed by atoms with Gasteiger partial charge in [-0.3, -0.25) is 0 Å². The Balaban J connectivity index is 1.74. The molecule has 2 aromatic carbocycles. The summed E-state index contributed by atoms with van der Waals surface area (Å²) in [7, 11) is 0. The van der Waals surface area contributed by atoms with Crippen LogP contribution >= 0.6 is 0 Å². The Morgan fingerprint density at radius 2 is 1.35 bits per heavy atom. The second-order valence-corrected chi connectivity index (χ2v) is 6.44. The molecule has 0 atom stereocenters. The Labute approximate surface area is 121 Å². The minimum atomic E-state index is 0.823. The van der Waals surface area contributed by atoms with Crippen molar-refractivity contribution in [3.05, 3.63) is 70.3 Å². The summed E-state index contributed by atoms with van der Waals surface area (Å²) in [4.78, 5) is 0. The van der Waals surface area contributed by atoms with Gasteiger partial charge in [-0.1, -0.05) is 61.7 Å². The first-order valence-electron chi connectivity index (χ1n) is 8.09. The van der Waals surface area contributed by atoms with Crippen molar-refractivity contribution in [1.82, 2.24) is 0 Å². The molecule has 102 valence electrons. The van der Waals surface area contributed by atoms with Gasteiger partial charge in [0.1, 0.15) is 0 Å². The van der Waals surface area contributed by atoms with Gasteiger partial charge in [-0.2, -0.15) is 0 Å². The quantitative estimate of drug-likeness (QED) is 0.563. The fourth-order valence-electron chi connectivity index (χ4n) is 4.13. The first-order chi connectivity index (χ1) is 9.92. The van der Waals surface area contributed by atoms with E-state index in [1.54, 1.807) is 22.3 Å². The third-order valence-electron chi connectivity index (χ3n) is 5.22. The molecule has 1 saturated carbocycles. The molecule has 0 aliphatic heterocycles. The van der Waals surface area contributed by atoms with Crippen molar-refractivity contribution in [2.75, 3.05) is 0 Å². The van der Waals surface area contributed by atoms with Crippen molar-refractivity contribution >= 4 is 0 Å². The van der Waals surface area contributed by atoms with Crippen LogP contribution in [0.5, 0.6) is 0 Å². The van der Waals surface area contributed by atoms with Gasteiger partial charge >= 0.3 is 0 Å². The molecule has 2 aromatic rings. The minimum absolute atomic E-state index is 0.823. The lowest BCUT2D eigenvalue weighted by Gasteiger charge is -2.28. The first kappa shape index (κ1) is 12.2. The number of fused-ring (bicyclic) bond motifs is 2. The molecule has 0 unspecified atom stereocenters. The second kappa shape index (κ2) is 5.09. The molecule has 20 heavy (non-hydrogen) atoms. The third-order valence-corrected chi connectivity index (χ3v) is 5.22. The molecule has 0 amide bonds. The van der Waals surface area contributed by atoms with Crippen molar-refractivity contribution in [2.24, 2.45) is 0 Å². The molecule has 0 nitrogen and oxygen atoms in total. The van der Waals surface area contributed by atoms with Crippen LogP contribution in [0.4, 0.5) is 0 Å². The Bertz CT molecular complexity index is 618. The Kier molecular flexibility index (Phi) is 3.10. The van der Waals surface area contributed by atoms with Crippen LogP contribution in [0.2, 0.25) is 0 Å². The monoisotopic (exact) mass is 262 g/mol. The predicted molar refractivity (Wildman–Crippen MR) is 84.3 cm³/mol. The van der Waals surface area contributed by atoms with E-state index in [4.69, 9.17) is 0 Å². The molecule has 2 aliphatic carbocycles. The van der Waals surface area contributed by atoms with Gasteiger partial charge in [0.2, 0.25) is 0 Å². The van der Waals surface area contributed by atoms with Crippen LogP contribution in [0, 0.1) is 0 Å². The van der Waals surface area contributed by atoms with E-state index in [-0.39, 0.29) is 0 Å². The number of hydrogen-bond donors (Lipinski definition) is 0. The summed E-state index contributed by atoms with van der Waals surface area (Å²) >= 11 is 0. The largest absolute Gasteiger partial charge is 0.0620 e. The number of benzene rings is 2. The van der Waals surface area contributed by atoms with Crippen LogP contribution in [-0.4, -0.2) is 0 Å². The van der Waals surface area contributed by atoms with E-state index in [0.717, 1.165) is 18.8 Å². The molecular formula is C20H22. The molecule has 0 N–H and O–H groups in total. The predicted octanol–water partition coefficient (Wildman–Crippen LogP) is 5.23. The first-order valence-corrected chi connectivity index (χ1v) is 8.09. The zero-order valence-corrected chi connectivity index (χ0v) is 12.1. The molecular weight excluding hydrogens is 240 g/mol. The summed E-state index contributed by atoms with van der Waals surface area (Å²) in [6, 6.07) is 16.0. The number of hydrogen-bond acceptors (Lipinski definition) is 0. The smallest absolute Gasteiger partial charge is 0.00172 e. The second-order valence-electron chi connectivity index (χ2n) is 6.44. The van der Waals surface area contributed by atoms with Crippen molar-refractivity contribution < 1.29 is 0 Å². The summed E-state index contributed by atoms with van der Waals surface area (Å²) in [6.07, 6.45) is 9.37. The van der Waals surface area contributed by atoms with Crippen LogP contribution in [-0.2, 0) is 12.8 Å². The summed E-state index contributed by atoms with van der Waals surface area (Å²) in [6.45, 7) is 0. The van der Waals surface area contributed by atoms with Crippen LogP contribution in [0.15, 0.2) is 42.5 Å². The fourth-order valence-corrected chi connectivity index (χ4v) is 4.13. The summed E-state index contributed by atoms with van der Waals surface area (Å²) in [5, 5.41) is 0. The van der Waals surface area contributed by atoms with Crippen molar-refractivity contribution in [2.45, 2.75) is 50.9 Å². The molecule has 1 fully saturated rings. The Morgan fingerprint density at radius 1 is 0.650 bits per heavy atom. The average Bonchev–Trinajstić information content (AvgIpc) is 2.53. The van der Waals surface area contributed by atoms with Crippen molar-refractivity contribution in [1.29, 1.82) is 0 Å². The minimum Gasteiger partial charge on any atom is -0.0620 e. The maximum atomic E-state index is 2.41. The van der Waals surface area contributed by atoms with Gasteiger partial charge in [0.05, 0.1) is 0 Å². The molecule has 4 rings (SSSR count). The molecule has 0 aromatic heterocycles. The van der Waals surface area contributed by atoms with Gasteiger partial charge in [0.15, 0.2) is 0 Å². The molecule has 0 spiro atoms. The van der Waals surface area contributed by atoms with Crippen LogP contribution in [0.25, 0.3) is 0 Å². The van der Waals surface area contributed by atoms with Gasteiger partial charge in [0.25, 0.3) is 0 Å². The highest BCUT2D eigenvalue weighted by atomic mass is 14.3. The molecule has 0 bridgehead atoms. The third kappa shape index (κ3) is 2.08. The average molecular weight is 262 g/mol. The lowest BCUT2D eigenvalue weighted by molar-refractivity contribution is 0.441. The van der Waals surface area contributed by atoms with E-state index < -0.39 is 0 Å². The van der Waals surface area contributed by atoms with Gasteiger partial charge in [0, 0.05) is 0 Å². The van der Waals surface area contributed by atoms with Crippen molar-refractivity contribution in [3.63, 3.8) is 0 Å². The fraction of sp³-hybridized carbons (Fsp3) is 0.400. The molecule has 0 radical (unpaired) electrons. The maximum Gasteiger partial charge on any atom is -0.00172 e. The van der Waals surface area contributed by atoms with E-state index in [2.05, 4.69) is 42.5 Å². The summed E-state index contributed by atoms with van der Waals surface area (Å²) in [5.41, 5.74) is 7.96. The highest BCUT2D eigenvalue weighted by Crippen LogP contribution is 2.38. The van der Waals surface area contributed by atoms with E-state index in [9.17, 15) is 0 Å². The maximum absolute atomic E-state index is 2.41. The van der Waals surface area contributed by atoms with Gasteiger partial charge in [-0.05, 0) is 59.4 Å². The Hall–Kier alpha value is -1.56. The zero-order valence-electron chi connectivity index (χ0n) is 12.1. The van der Waals surface area contributed by atoms with Gasteiger partial charge in [-0.15, -0.1) is 0 Å². The highest BCUT2D eigenvalue weighted by molar-refractivity contribution is 5.49. The molecule has 0 heteroatoms. The van der Waals surface area contributed by atoms with E-state index in [1.807, 2.05) is 0 Å². The molecule has 2 aliphatic rings.